The first-order valence-corrected chi connectivity index (χ1v) is 10.4. The molecule has 0 heterocycles. The third-order valence-electron chi connectivity index (χ3n) is 4.30. The number of nitrogens with zero attached hydrogens (tertiary/aromatic N) is 1. The molecule has 0 spiro atoms. The molecule has 6 nitrogen and oxygen atoms in total. The van der Waals surface area contributed by atoms with Crippen molar-refractivity contribution in [2.24, 2.45) is 0 Å². The maximum absolute atomic E-state index is 12.4. The van der Waals surface area contributed by atoms with Gasteiger partial charge in [0.15, 0.2) is 0 Å². The summed E-state index contributed by atoms with van der Waals surface area (Å²) in [6.07, 6.45) is 0.551. The van der Waals surface area contributed by atoms with E-state index in [1.165, 1.54) is 12.1 Å². The van der Waals surface area contributed by atoms with Gasteiger partial charge in [0.2, 0.25) is 10.0 Å². The molecular formula is C20H26N2O4S. The molecule has 1 amide bonds. The summed E-state index contributed by atoms with van der Waals surface area (Å²) in [5.74, 6) is 0.638. The van der Waals surface area contributed by atoms with Crippen LogP contribution in [0.3, 0.4) is 0 Å². The standard InChI is InChI=1S/C20H26N2O4S/c1-4-22(5-2)20(23)17-9-11-19(12-10-17)27(24,25)21-14-13-16-7-6-8-18(15-16)26-3/h6-12,15,21H,4-5,13-14H2,1-3H3. The number of ether oxygens (including phenoxy) is 1. The molecule has 0 radical (unpaired) electrons. The van der Waals surface area contributed by atoms with E-state index in [4.69, 9.17) is 4.74 Å². The summed E-state index contributed by atoms with van der Waals surface area (Å²) in [5, 5.41) is 0. The van der Waals surface area contributed by atoms with Crippen molar-refractivity contribution in [1.82, 2.24) is 9.62 Å². The van der Waals surface area contributed by atoms with Crippen LogP contribution in [0.2, 0.25) is 0 Å². The number of nitrogens with one attached hydrogen (secondary N) is 1. The fourth-order valence-electron chi connectivity index (χ4n) is 2.71. The molecule has 0 saturated heterocycles. The molecule has 27 heavy (non-hydrogen) atoms. The van der Waals surface area contributed by atoms with Crippen molar-refractivity contribution < 1.29 is 17.9 Å². The van der Waals surface area contributed by atoms with Gasteiger partial charge in [0.1, 0.15) is 5.75 Å². The van der Waals surface area contributed by atoms with Gasteiger partial charge >= 0.3 is 0 Å². The number of rotatable bonds is 9. The molecule has 2 rings (SSSR count). The Morgan fingerprint density at radius 3 is 2.33 bits per heavy atom. The van der Waals surface area contributed by atoms with Crippen LogP contribution in [0.25, 0.3) is 0 Å². The lowest BCUT2D eigenvalue weighted by molar-refractivity contribution is 0.0773. The van der Waals surface area contributed by atoms with Crippen molar-refractivity contribution in [2.75, 3.05) is 26.7 Å². The average Bonchev–Trinajstić information content (AvgIpc) is 2.69. The predicted molar refractivity (Wildman–Crippen MR) is 106 cm³/mol. The van der Waals surface area contributed by atoms with Crippen LogP contribution in [-0.2, 0) is 16.4 Å². The second-order valence-corrected chi connectivity index (χ2v) is 7.77. The van der Waals surface area contributed by atoms with Crippen molar-refractivity contribution in [3.8, 4) is 5.75 Å². The molecule has 0 aromatic heterocycles. The van der Waals surface area contributed by atoms with Gasteiger partial charge in [-0.25, -0.2) is 13.1 Å². The lowest BCUT2D eigenvalue weighted by atomic mass is 10.1. The maximum atomic E-state index is 12.4. The topological polar surface area (TPSA) is 75.7 Å². The molecule has 0 unspecified atom stereocenters. The highest BCUT2D eigenvalue weighted by molar-refractivity contribution is 7.89. The summed E-state index contributed by atoms with van der Waals surface area (Å²) >= 11 is 0. The van der Waals surface area contributed by atoms with Crippen LogP contribution in [0, 0.1) is 0 Å². The van der Waals surface area contributed by atoms with Gasteiger partial charge in [-0.2, -0.15) is 0 Å². The summed E-state index contributed by atoms with van der Waals surface area (Å²) in [4.78, 5) is 14.1. The van der Waals surface area contributed by atoms with Gasteiger partial charge in [-0.05, 0) is 62.2 Å². The molecule has 0 aliphatic rings. The first-order chi connectivity index (χ1) is 12.9. The van der Waals surface area contributed by atoms with Crippen molar-refractivity contribution >= 4 is 15.9 Å². The molecule has 0 aliphatic carbocycles. The van der Waals surface area contributed by atoms with Gasteiger partial charge in [0.25, 0.3) is 5.91 Å². The fraction of sp³-hybridized carbons (Fsp3) is 0.350. The minimum absolute atomic E-state index is 0.102. The Morgan fingerprint density at radius 1 is 1.07 bits per heavy atom. The van der Waals surface area contributed by atoms with Crippen LogP contribution >= 0.6 is 0 Å². The number of hydrogen-bond donors (Lipinski definition) is 1. The Hall–Kier alpha value is -2.38. The predicted octanol–water partition coefficient (Wildman–Crippen LogP) is 2.70. The molecule has 2 aromatic carbocycles. The molecule has 0 bridgehead atoms. The highest BCUT2D eigenvalue weighted by Gasteiger charge is 2.16. The maximum Gasteiger partial charge on any atom is 0.253 e. The summed E-state index contributed by atoms with van der Waals surface area (Å²) in [6, 6.07) is 13.5. The number of methoxy groups -OCH3 is 1. The van der Waals surface area contributed by atoms with E-state index in [1.54, 1.807) is 24.1 Å². The van der Waals surface area contributed by atoms with Crippen molar-refractivity contribution in [3.05, 3.63) is 59.7 Å². The molecule has 0 aliphatic heterocycles. The Kier molecular flexibility index (Phi) is 7.38. The van der Waals surface area contributed by atoms with Crippen molar-refractivity contribution in [2.45, 2.75) is 25.2 Å². The summed E-state index contributed by atoms with van der Waals surface area (Å²) < 4.78 is 32.6. The van der Waals surface area contributed by atoms with Gasteiger partial charge in [0, 0.05) is 25.2 Å². The molecule has 7 heteroatoms. The van der Waals surface area contributed by atoms with Crippen LogP contribution in [-0.4, -0.2) is 46.0 Å². The number of amides is 1. The smallest absolute Gasteiger partial charge is 0.253 e. The van der Waals surface area contributed by atoms with E-state index in [1.807, 2.05) is 38.1 Å². The SMILES string of the molecule is CCN(CC)C(=O)c1ccc(S(=O)(=O)NCCc2cccc(OC)c2)cc1. The third kappa shape index (κ3) is 5.55. The van der Waals surface area contributed by atoms with E-state index in [0.717, 1.165) is 11.3 Å². The van der Waals surface area contributed by atoms with Gasteiger partial charge in [-0.1, -0.05) is 12.1 Å². The monoisotopic (exact) mass is 390 g/mol. The van der Waals surface area contributed by atoms with Crippen LogP contribution in [0.15, 0.2) is 53.4 Å². The highest BCUT2D eigenvalue weighted by atomic mass is 32.2. The van der Waals surface area contributed by atoms with Crippen molar-refractivity contribution in [3.63, 3.8) is 0 Å². The van der Waals surface area contributed by atoms with Gasteiger partial charge < -0.3 is 9.64 Å². The van der Waals surface area contributed by atoms with E-state index < -0.39 is 10.0 Å². The minimum Gasteiger partial charge on any atom is -0.497 e. The van der Waals surface area contributed by atoms with Crippen LogP contribution < -0.4 is 9.46 Å². The second kappa shape index (κ2) is 9.53. The Labute approximate surface area is 161 Å². The Morgan fingerprint density at radius 2 is 1.74 bits per heavy atom. The Balaban J connectivity index is 2.00. The quantitative estimate of drug-likeness (QED) is 0.714. The fourth-order valence-corrected chi connectivity index (χ4v) is 3.74. The van der Waals surface area contributed by atoms with E-state index >= 15 is 0 Å². The Bertz CT molecular complexity index is 860. The van der Waals surface area contributed by atoms with E-state index in [0.29, 0.717) is 25.1 Å². The highest BCUT2D eigenvalue weighted by Crippen LogP contribution is 2.14. The minimum atomic E-state index is -3.63. The number of sulfonamides is 1. The van der Waals surface area contributed by atoms with E-state index in [-0.39, 0.29) is 17.3 Å². The zero-order valence-corrected chi connectivity index (χ0v) is 16.8. The van der Waals surface area contributed by atoms with Crippen LogP contribution in [0.1, 0.15) is 29.8 Å². The molecule has 0 fully saturated rings. The van der Waals surface area contributed by atoms with Crippen molar-refractivity contribution in [1.29, 1.82) is 0 Å². The van der Waals surface area contributed by atoms with Gasteiger partial charge in [-0.15, -0.1) is 0 Å². The molecule has 0 atom stereocenters. The summed E-state index contributed by atoms with van der Waals surface area (Å²) in [7, 11) is -2.03. The number of hydrogen-bond acceptors (Lipinski definition) is 4. The van der Waals surface area contributed by atoms with Gasteiger partial charge in [0.05, 0.1) is 12.0 Å². The normalized spacial score (nSPS) is 11.2. The average molecular weight is 391 g/mol. The molecule has 1 N–H and O–H groups in total. The first kappa shape index (κ1) is 20.9. The number of carbonyl (C=O) groups is 1. The molecule has 2 aromatic rings. The van der Waals surface area contributed by atoms with Crippen LogP contribution in [0.4, 0.5) is 0 Å². The molecule has 146 valence electrons. The van der Waals surface area contributed by atoms with E-state index in [2.05, 4.69) is 4.72 Å². The lowest BCUT2D eigenvalue weighted by Crippen LogP contribution is -2.30. The zero-order valence-electron chi connectivity index (χ0n) is 15.9. The first-order valence-electron chi connectivity index (χ1n) is 8.93. The molecular weight excluding hydrogens is 364 g/mol. The van der Waals surface area contributed by atoms with Gasteiger partial charge in [-0.3, -0.25) is 4.79 Å². The number of benzene rings is 2. The zero-order chi connectivity index (χ0) is 19.9. The number of carbonyl (C=O) groups excluding carboxylic acids is 1. The van der Waals surface area contributed by atoms with Crippen LogP contribution in [0.5, 0.6) is 5.75 Å². The van der Waals surface area contributed by atoms with E-state index in [9.17, 15) is 13.2 Å². The largest absolute Gasteiger partial charge is 0.497 e. The summed E-state index contributed by atoms with van der Waals surface area (Å²) in [6.45, 7) is 5.32. The molecule has 0 saturated carbocycles. The summed E-state index contributed by atoms with van der Waals surface area (Å²) in [5.41, 5.74) is 1.46. The third-order valence-corrected chi connectivity index (χ3v) is 5.78. The second-order valence-electron chi connectivity index (χ2n) is 6.00. The lowest BCUT2D eigenvalue weighted by Gasteiger charge is -2.18.